The Kier molecular flexibility index (Phi) is 5.37. The van der Waals surface area contributed by atoms with Crippen molar-refractivity contribution in [2.24, 2.45) is 11.8 Å². The lowest BCUT2D eigenvalue weighted by molar-refractivity contribution is -0.0616. The number of nitrogens with zero attached hydrogens (tertiary/aromatic N) is 2. The number of methoxy groups -OCH3 is 1. The summed E-state index contributed by atoms with van der Waals surface area (Å²) in [5.74, 6) is 0.207. The van der Waals surface area contributed by atoms with E-state index in [9.17, 15) is 5.11 Å². The van der Waals surface area contributed by atoms with Crippen LogP contribution in [0.3, 0.4) is 0 Å². The third-order valence-electron chi connectivity index (χ3n) is 3.44. The molecule has 0 radical (unpaired) electrons. The Morgan fingerprint density at radius 1 is 1.39 bits per heavy atom. The molecule has 0 aliphatic carbocycles. The molecule has 18 heavy (non-hydrogen) atoms. The quantitative estimate of drug-likeness (QED) is 0.877. The van der Waals surface area contributed by atoms with Gasteiger partial charge in [0.15, 0.2) is 0 Å². The Hall–Kier alpha value is -0.390. The number of aliphatic hydroxyl groups is 1. The zero-order chi connectivity index (χ0) is 13.9. The molecule has 0 bridgehead atoms. The van der Waals surface area contributed by atoms with Crippen molar-refractivity contribution >= 4 is 15.9 Å². The molecule has 0 saturated heterocycles. The van der Waals surface area contributed by atoms with Gasteiger partial charge in [-0.3, -0.25) is 4.68 Å². The van der Waals surface area contributed by atoms with Gasteiger partial charge in [-0.05, 0) is 27.8 Å². The molecule has 0 atom stereocenters. The average molecular weight is 319 g/mol. The first-order valence-electron chi connectivity index (χ1n) is 6.28. The second-order valence-corrected chi connectivity index (χ2v) is 6.05. The first-order valence-corrected chi connectivity index (χ1v) is 7.08. The first kappa shape index (κ1) is 15.7. The molecule has 0 aliphatic rings. The van der Waals surface area contributed by atoms with E-state index < -0.39 is 5.60 Å². The Bertz CT molecular complexity index is 380. The minimum Gasteiger partial charge on any atom is -0.383 e. The zero-order valence-electron chi connectivity index (χ0n) is 11.8. The van der Waals surface area contributed by atoms with Crippen LogP contribution >= 0.6 is 15.9 Å². The van der Waals surface area contributed by atoms with Crippen LogP contribution in [-0.4, -0.2) is 28.6 Å². The van der Waals surface area contributed by atoms with Crippen molar-refractivity contribution in [1.29, 1.82) is 0 Å². The maximum atomic E-state index is 11.1. The Balaban J connectivity index is 3.23. The van der Waals surface area contributed by atoms with Crippen molar-refractivity contribution in [1.82, 2.24) is 9.78 Å². The number of hydrogen-bond acceptors (Lipinski definition) is 3. The molecular formula is C13H23BrN2O2. The fourth-order valence-electron chi connectivity index (χ4n) is 2.32. The maximum Gasteiger partial charge on any atom is 0.112 e. The first-order chi connectivity index (χ1) is 8.35. The highest BCUT2D eigenvalue weighted by atomic mass is 79.9. The normalized spacial score (nSPS) is 12.7. The standard InChI is InChI=1S/C13H23BrN2O2/c1-9(2)13(17,10(3)4)12-11(14)8-15-16(12)6-7-18-5/h8-10,17H,6-7H2,1-5H3. The van der Waals surface area contributed by atoms with Crippen LogP contribution in [0.25, 0.3) is 0 Å². The smallest absolute Gasteiger partial charge is 0.112 e. The van der Waals surface area contributed by atoms with Gasteiger partial charge < -0.3 is 9.84 Å². The number of rotatable bonds is 6. The van der Waals surface area contributed by atoms with Gasteiger partial charge in [-0.15, -0.1) is 0 Å². The molecule has 0 unspecified atom stereocenters. The van der Waals surface area contributed by atoms with Gasteiger partial charge in [-0.25, -0.2) is 0 Å². The largest absolute Gasteiger partial charge is 0.383 e. The van der Waals surface area contributed by atoms with Gasteiger partial charge in [-0.2, -0.15) is 5.10 Å². The van der Waals surface area contributed by atoms with E-state index in [2.05, 4.69) is 21.0 Å². The van der Waals surface area contributed by atoms with E-state index in [-0.39, 0.29) is 11.8 Å². The molecule has 0 spiro atoms. The van der Waals surface area contributed by atoms with Crippen LogP contribution in [0.5, 0.6) is 0 Å². The van der Waals surface area contributed by atoms with Gasteiger partial charge in [0, 0.05) is 7.11 Å². The number of ether oxygens (including phenoxy) is 1. The summed E-state index contributed by atoms with van der Waals surface area (Å²) in [4.78, 5) is 0. The number of hydrogen-bond donors (Lipinski definition) is 1. The van der Waals surface area contributed by atoms with Gasteiger partial charge >= 0.3 is 0 Å². The van der Waals surface area contributed by atoms with Crippen molar-refractivity contribution in [2.45, 2.75) is 39.8 Å². The van der Waals surface area contributed by atoms with Crippen LogP contribution in [0, 0.1) is 11.8 Å². The van der Waals surface area contributed by atoms with Crippen LogP contribution < -0.4 is 0 Å². The molecule has 4 nitrogen and oxygen atoms in total. The fraction of sp³-hybridized carbons (Fsp3) is 0.769. The van der Waals surface area contributed by atoms with Gasteiger partial charge in [0.1, 0.15) is 5.60 Å². The van der Waals surface area contributed by atoms with Crippen LogP contribution in [0.1, 0.15) is 33.4 Å². The van der Waals surface area contributed by atoms with Gasteiger partial charge in [0.25, 0.3) is 0 Å². The second kappa shape index (κ2) is 6.17. The number of aromatic nitrogens is 2. The van der Waals surface area contributed by atoms with E-state index in [0.29, 0.717) is 13.2 Å². The summed E-state index contributed by atoms with van der Waals surface area (Å²) >= 11 is 3.50. The summed E-state index contributed by atoms with van der Waals surface area (Å²) in [6, 6.07) is 0. The lowest BCUT2D eigenvalue weighted by atomic mass is 9.78. The Labute approximate surface area is 117 Å². The lowest BCUT2D eigenvalue weighted by Crippen LogP contribution is -2.40. The van der Waals surface area contributed by atoms with E-state index in [0.717, 1.165) is 10.2 Å². The molecular weight excluding hydrogens is 296 g/mol. The molecule has 0 aromatic carbocycles. The SMILES string of the molecule is COCCn1ncc(Br)c1C(O)(C(C)C)C(C)C. The van der Waals surface area contributed by atoms with Gasteiger partial charge in [-0.1, -0.05) is 27.7 Å². The third-order valence-corrected chi connectivity index (χ3v) is 4.02. The average Bonchev–Trinajstić information content (AvgIpc) is 2.66. The van der Waals surface area contributed by atoms with Crippen molar-refractivity contribution < 1.29 is 9.84 Å². The van der Waals surface area contributed by atoms with Crippen molar-refractivity contribution in [3.63, 3.8) is 0 Å². The lowest BCUT2D eigenvalue weighted by Gasteiger charge is -2.37. The summed E-state index contributed by atoms with van der Waals surface area (Å²) in [5, 5.41) is 15.4. The maximum absolute atomic E-state index is 11.1. The molecule has 1 heterocycles. The van der Waals surface area contributed by atoms with Gasteiger partial charge in [0.05, 0.1) is 29.5 Å². The summed E-state index contributed by atoms with van der Waals surface area (Å²) in [6.07, 6.45) is 1.74. The number of halogens is 1. The second-order valence-electron chi connectivity index (χ2n) is 5.19. The molecule has 0 aliphatic heterocycles. The van der Waals surface area contributed by atoms with Crippen molar-refractivity contribution in [2.75, 3.05) is 13.7 Å². The Morgan fingerprint density at radius 2 is 1.94 bits per heavy atom. The van der Waals surface area contributed by atoms with E-state index in [1.807, 2.05) is 32.4 Å². The van der Waals surface area contributed by atoms with Gasteiger partial charge in [0.2, 0.25) is 0 Å². The molecule has 0 saturated carbocycles. The summed E-state index contributed by atoms with van der Waals surface area (Å²) in [7, 11) is 1.66. The molecule has 1 N–H and O–H groups in total. The fourth-order valence-corrected chi connectivity index (χ4v) is 2.94. The molecule has 104 valence electrons. The van der Waals surface area contributed by atoms with E-state index in [1.165, 1.54) is 0 Å². The topological polar surface area (TPSA) is 47.3 Å². The molecule has 1 aromatic heterocycles. The Morgan fingerprint density at radius 3 is 2.39 bits per heavy atom. The predicted octanol–water partition coefficient (Wildman–Crippen LogP) is 2.79. The van der Waals surface area contributed by atoms with E-state index in [4.69, 9.17) is 4.74 Å². The molecule has 0 amide bonds. The summed E-state index contributed by atoms with van der Waals surface area (Å²) in [6.45, 7) is 9.33. The zero-order valence-corrected chi connectivity index (χ0v) is 13.4. The van der Waals surface area contributed by atoms with Crippen molar-refractivity contribution in [3.8, 4) is 0 Å². The summed E-state index contributed by atoms with van der Waals surface area (Å²) in [5.41, 5.74) is -0.0622. The van der Waals surface area contributed by atoms with Crippen LogP contribution in [0.4, 0.5) is 0 Å². The molecule has 1 rings (SSSR count). The van der Waals surface area contributed by atoms with Crippen molar-refractivity contribution in [3.05, 3.63) is 16.4 Å². The minimum atomic E-state index is -0.900. The van der Waals surface area contributed by atoms with Crippen LogP contribution in [-0.2, 0) is 16.9 Å². The highest BCUT2D eigenvalue weighted by Crippen LogP contribution is 2.40. The van der Waals surface area contributed by atoms with Crippen LogP contribution in [0.15, 0.2) is 10.7 Å². The monoisotopic (exact) mass is 318 g/mol. The predicted molar refractivity (Wildman–Crippen MR) is 75.4 cm³/mol. The third kappa shape index (κ3) is 2.78. The van der Waals surface area contributed by atoms with Crippen LogP contribution in [0.2, 0.25) is 0 Å². The molecule has 0 fully saturated rings. The molecule has 1 aromatic rings. The van der Waals surface area contributed by atoms with E-state index in [1.54, 1.807) is 13.3 Å². The summed E-state index contributed by atoms with van der Waals surface area (Å²) < 4.78 is 7.76. The molecule has 5 heteroatoms. The highest BCUT2D eigenvalue weighted by molar-refractivity contribution is 9.10. The van der Waals surface area contributed by atoms with E-state index >= 15 is 0 Å². The minimum absolute atomic E-state index is 0.104. The highest BCUT2D eigenvalue weighted by Gasteiger charge is 2.41.